The summed E-state index contributed by atoms with van der Waals surface area (Å²) in [4.78, 5) is 5.15. The minimum absolute atomic E-state index is 0.139. The van der Waals surface area contributed by atoms with Gasteiger partial charge >= 0.3 is 0 Å². The molecule has 3 heteroatoms. The van der Waals surface area contributed by atoms with Gasteiger partial charge in [-0.25, -0.2) is 4.98 Å². The topological polar surface area (TPSA) is 33.1 Å². The van der Waals surface area contributed by atoms with Crippen molar-refractivity contribution in [2.45, 2.75) is 26.4 Å². The monoisotopic (exact) mass is 157 g/mol. The summed E-state index contributed by atoms with van der Waals surface area (Å²) in [5.41, 5.74) is 2.85. The van der Waals surface area contributed by atoms with E-state index in [0.29, 0.717) is 0 Å². The second-order valence-corrected chi connectivity index (χ2v) is 3.07. The van der Waals surface area contributed by atoms with E-state index in [4.69, 9.17) is 5.11 Å². The highest BCUT2D eigenvalue weighted by Gasteiger charge is 2.01. The van der Waals surface area contributed by atoms with Gasteiger partial charge in [-0.3, -0.25) is 0 Å². The van der Waals surface area contributed by atoms with Crippen LogP contribution in [0.1, 0.15) is 23.9 Å². The number of aliphatic hydroxyl groups is 1. The van der Waals surface area contributed by atoms with Crippen molar-refractivity contribution >= 4 is 11.3 Å². The van der Waals surface area contributed by atoms with Crippen molar-refractivity contribution in [2.24, 2.45) is 0 Å². The molecule has 1 N–H and O–H groups in total. The van der Waals surface area contributed by atoms with Gasteiger partial charge < -0.3 is 5.11 Å². The average Bonchev–Trinajstić information content (AvgIpc) is 2.36. The molecule has 0 aromatic carbocycles. The summed E-state index contributed by atoms with van der Waals surface area (Å²) in [6.07, 6.45) is 2.08. The predicted octanol–water partition coefficient (Wildman–Crippen LogP) is 1.59. The third-order valence-electron chi connectivity index (χ3n) is 1.36. The third kappa shape index (κ3) is 1.55. The Kier molecular flexibility index (Phi) is 2.83. The summed E-state index contributed by atoms with van der Waals surface area (Å²) in [6.45, 7) is 2.25. The van der Waals surface area contributed by atoms with E-state index >= 15 is 0 Å². The number of nitrogens with zero attached hydrogens (tertiary/aromatic N) is 1. The number of hydrogen-bond donors (Lipinski definition) is 1. The van der Waals surface area contributed by atoms with Crippen LogP contribution in [0.25, 0.3) is 0 Å². The largest absolute Gasteiger partial charge is 0.391 e. The van der Waals surface area contributed by atoms with Gasteiger partial charge in [-0.1, -0.05) is 13.3 Å². The lowest BCUT2D eigenvalue weighted by molar-refractivity contribution is 0.284. The number of aromatic nitrogens is 1. The van der Waals surface area contributed by atoms with E-state index < -0.39 is 0 Å². The second-order valence-electron chi connectivity index (χ2n) is 2.13. The highest BCUT2D eigenvalue weighted by atomic mass is 32.1. The lowest BCUT2D eigenvalue weighted by atomic mass is 10.2. The van der Waals surface area contributed by atoms with Gasteiger partial charge in [0.2, 0.25) is 0 Å². The first-order valence-electron chi connectivity index (χ1n) is 3.40. The first-order chi connectivity index (χ1) is 4.88. The summed E-state index contributed by atoms with van der Waals surface area (Å²) in [5.74, 6) is 0. The molecule has 1 aromatic rings. The van der Waals surface area contributed by atoms with E-state index in [0.717, 1.165) is 23.4 Å². The van der Waals surface area contributed by atoms with Gasteiger partial charge in [-0.2, -0.15) is 0 Å². The van der Waals surface area contributed by atoms with Crippen molar-refractivity contribution in [3.05, 3.63) is 16.1 Å². The minimum atomic E-state index is 0.139. The zero-order chi connectivity index (χ0) is 7.40. The molecule has 0 aliphatic carbocycles. The molecule has 1 heterocycles. The molecule has 0 aliphatic rings. The Morgan fingerprint density at radius 2 is 2.50 bits per heavy atom. The van der Waals surface area contributed by atoms with E-state index in [1.54, 1.807) is 5.51 Å². The zero-order valence-corrected chi connectivity index (χ0v) is 6.82. The molecule has 0 bridgehead atoms. The molecule has 0 spiro atoms. The number of aliphatic hydroxyl groups excluding tert-OH is 1. The van der Waals surface area contributed by atoms with Gasteiger partial charge in [0, 0.05) is 0 Å². The van der Waals surface area contributed by atoms with Crippen molar-refractivity contribution in [3.63, 3.8) is 0 Å². The van der Waals surface area contributed by atoms with E-state index in [9.17, 15) is 0 Å². The van der Waals surface area contributed by atoms with Crippen molar-refractivity contribution in [3.8, 4) is 0 Å². The van der Waals surface area contributed by atoms with Crippen molar-refractivity contribution < 1.29 is 5.11 Å². The number of thiazole rings is 1. The smallest absolute Gasteiger partial charge is 0.0798 e. The molecular formula is C7H11NOS. The fraction of sp³-hybridized carbons (Fsp3) is 0.571. The maximum absolute atomic E-state index is 8.80. The molecule has 1 rings (SSSR count). The van der Waals surface area contributed by atoms with Crippen LogP contribution in [0, 0.1) is 0 Å². The standard InChI is InChI=1S/C7H11NOS/c1-2-3-6-7(4-9)10-5-8-6/h5,9H,2-4H2,1H3. The van der Waals surface area contributed by atoms with Crippen LogP contribution in [-0.4, -0.2) is 10.1 Å². The maximum Gasteiger partial charge on any atom is 0.0798 e. The van der Waals surface area contributed by atoms with E-state index in [1.807, 2.05) is 0 Å². The first-order valence-corrected chi connectivity index (χ1v) is 4.28. The highest BCUT2D eigenvalue weighted by molar-refractivity contribution is 7.09. The Labute approximate surface area is 64.5 Å². The van der Waals surface area contributed by atoms with E-state index in [2.05, 4.69) is 11.9 Å². The molecule has 56 valence electrons. The summed E-state index contributed by atoms with van der Waals surface area (Å²) in [7, 11) is 0. The molecule has 0 saturated carbocycles. The molecule has 0 radical (unpaired) electrons. The molecule has 0 unspecified atom stereocenters. The quantitative estimate of drug-likeness (QED) is 0.722. The molecule has 0 saturated heterocycles. The molecule has 1 aromatic heterocycles. The summed E-state index contributed by atoms with van der Waals surface area (Å²) >= 11 is 1.53. The molecule has 0 atom stereocenters. The summed E-state index contributed by atoms with van der Waals surface area (Å²) in [6, 6.07) is 0. The lowest BCUT2D eigenvalue weighted by Crippen LogP contribution is -1.88. The van der Waals surface area contributed by atoms with Gasteiger partial charge in [0.25, 0.3) is 0 Å². The predicted molar refractivity (Wildman–Crippen MR) is 42.0 cm³/mol. The van der Waals surface area contributed by atoms with Crippen LogP contribution >= 0.6 is 11.3 Å². The van der Waals surface area contributed by atoms with Gasteiger partial charge in [-0.15, -0.1) is 11.3 Å². The number of aryl methyl sites for hydroxylation is 1. The van der Waals surface area contributed by atoms with Crippen LogP contribution in [0.4, 0.5) is 0 Å². The normalized spacial score (nSPS) is 10.2. The fourth-order valence-corrected chi connectivity index (χ4v) is 1.54. The molecular weight excluding hydrogens is 146 g/mol. The lowest BCUT2D eigenvalue weighted by Gasteiger charge is -1.93. The highest BCUT2D eigenvalue weighted by Crippen LogP contribution is 2.14. The van der Waals surface area contributed by atoms with Crippen LogP contribution in [0.2, 0.25) is 0 Å². The van der Waals surface area contributed by atoms with E-state index in [-0.39, 0.29) is 6.61 Å². The molecule has 10 heavy (non-hydrogen) atoms. The Bertz CT molecular complexity index is 197. The van der Waals surface area contributed by atoms with Crippen LogP contribution in [0.3, 0.4) is 0 Å². The van der Waals surface area contributed by atoms with Gasteiger partial charge in [0.15, 0.2) is 0 Å². The van der Waals surface area contributed by atoms with Crippen LogP contribution in [-0.2, 0) is 13.0 Å². The molecule has 0 amide bonds. The average molecular weight is 157 g/mol. The Hall–Kier alpha value is -0.410. The molecule has 2 nitrogen and oxygen atoms in total. The fourth-order valence-electron chi connectivity index (χ4n) is 0.863. The van der Waals surface area contributed by atoms with Gasteiger partial charge in [-0.05, 0) is 6.42 Å². The minimum Gasteiger partial charge on any atom is -0.391 e. The summed E-state index contributed by atoms with van der Waals surface area (Å²) < 4.78 is 0. The van der Waals surface area contributed by atoms with Crippen molar-refractivity contribution in [1.82, 2.24) is 4.98 Å². The Balaban J connectivity index is 2.70. The van der Waals surface area contributed by atoms with Crippen LogP contribution < -0.4 is 0 Å². The van der Waals surface area contributed by atoms with Gasteiger partial charge in [0.05, 0.1) is 22.7 Å². The molecule has 0 fully saturated rings. The Morgan fingerprint density at radius 1 is 1.70 bits per heavy atom. The van der Waals surface area contributed by atoms with Crippen LogP contribution in [0.15, 0.2) is 5.51 Å². The van der Waals surface area contributed by atoms with E-state index in [1.165, 1.54) is 11.3 Å². The Morgan fingerprint density at radius 3 is 3.10 bits per heavy atom. The first kappa shape index (κ1) is 7.69. The zero-order valence-electron chi connectivity index (χ0n) is 6.00. The maximum atomic E-state index is 8.80. The summed E-state index contributed by atoms with van der Waals surface area (Å²) in [5, 5.41) is 8.80. The third-order valence-corrected chi connectivity index (χ3v) is 2.22. The van der Waals surface area contributed by atoms with Crippen LogP contribution in [0.5, 0.6) is 0 Å². The molecule has 0 aliphatic heterocycles. The SMILES string of the molecule is CCCc1ncsc1CO. The van der Waals surface area contributed by atoms with Crippen molar-refractivity contribution in [1.29, 1.82) is 0 Å². The second kappa shape index (κ2) is 3.68. The number of hydrogen-bond acceptors (Lipinski definition) is 3. The number of rotatable bonds is 3. The van der Waals surface area contributed by atoms with Crippen molar-refractivity contribution in [2.75, 3.05) is 0 Å². The van der Waals surface area contributed by atoms with Gasteiger partial charge in [0.1, 0.15) is 0 Å².